The molecule has 8 heteroatoms. The number of nitrogens with one attached hydrogen (secondary N) is 1. The third-order valence-corrected chi connectivity index (χ3v) is 4.01. The summed E-state index contributed by atoms with van der Waals surface area (Å²) in [6.07, 6.45) is -0.191. The summed E-state index contributed by atoms with van der Waals surface area (Å²) in [6.45, 7) is 0.587. The molecule has 1 aromatic heterocycles. The van der Waals surface area contributed by atoms with Crippen molar-refractivity contribution in [1.82, 2.24) is 10.3 Å². The molecule has 4 N–H and O–H groups in total. The molecule has 126 valence electrons. The molecule has 1 unspecified atom stereocenters. The highest BCUT2D eigenvalue weighted by Crippen LogP contribution is 2.24. The minimum absolute atomic E-state index is 0. The second kappa shape index (κ2) is 9.46. The van der Waals surface area contributed by atoms with Crippen LogP contribution in [0, 0.1) is 0 Å². The number of benzene rings is 1. The second-order valence-electron chi connectivity index (χ2n) is 4.63. The van der Waals surface area contributed by atoms with Crippen molar-refractivity contribution in [3.05, 3.63) is 45.9 Å². The number of carbonyl (C=O) groups excluding carboxylic acids is 1. The van der Waals surface area contributed by atoms with Gasteiger partial charge in [0.1, 0.15) is 11.4 Å². The summed E-state index contributed by atoms with van der Waals surface area (Å²) in [7, 11) is 1.54. The van der Waals surface area contributed by atoms with Crippen LogP contribution < -0.4 is 15.8 Å². The monoisotopic (exact) mass is 357 g/mol. The lowest BCUT2D eigenvalue weighted by Crippen LogP contribution is -2.28. The largest absolute Gasteiger partial charge is 0.496 e. The molecule has 0 fully saturated rings. The Hall–Kier alpha value is -1.67. The summed E-state index contributed by atoms with van der Waals surface area (Å²) in [5.41, 5.74) is 6.44. The summed E-state index contributed by atoms with van der Waals surface area (Å²) < 4.78 is 5.19. The predicted molar refractivity (Wildman–Crippen MR) is 92.4 cm³/mol. The number of ether oxygens (including phenoxy) is 1. The number of para-hydroxylation sites is 1. The zero-order valence-electron chi connectivity index (χ0n) is 12.7. The first-order chi connectivity index (χ1) is 10.7. The van der Waals surface area contributed by atoms with Gasteiger partial charge in [0, 0.05) is 23.9 Å². The number of carbonyl (C=O) groups is 1. The quantitative estimate of drug-likeness (QED) is 0.698. The maximum absolute atomic E-state index is 12.0. The molecule has 0 bridgehead atoms. The van der Waals surface area contributed by atoms with Crippen LogP contribution in [0.3, 0.4) is 0 Å². The van der Waals surface area contributed by atoms with Crippen LogP contribution in [0.25, 0.3) is 0 Å². The maximum Gasteiger partial charge on any atom is 0.270 e. The van der Waals surface area contributed by atoms with E-state index < -0.39 is 6.10 Å². The van der Waals surface area contributed by atoms with Gasteiger partial charge in [-0.15, -0.1) is 23.7 Å². The van der Waals surface area contributed by atoms with E-state index in [1.165, 1.54) is 11.3 Å². The Labute approximate surface area is 145 Å². The van der Waals surface area contributed by atoms with Gasteiger partial charge < -0.3 is 20.9 Å². The molecule has 0 saturated carbocycles. The van der Waals surface area contributed by atoms with Crippen molar-refractivity contribution in [3.8, 4) is 5.75 Å². The summed E-state index contributed by atoms with van der Waals surface area (Å²) >= 11 is 1.40. The van der Waals surface area contributed by atoms with Gasteiger partial charge in [-0.3, -0.25) is 4.79 Å². The average Bonchev–Trinajstić information content (AvgIpc) is 3.01. The highest BCUT2D eigenvalue weighted by molar-refractivity contribution is 7.09. The topological polar surface area (TPSA) is 97.5 Å². The van der Waals surface area contributed by atoms with Crippen molar-refractivity contribution >= 4 is 29.7 Å². The molecule has 2 rings (SSSR count). The number of nitrogens with two attached hydrogens (primary N) is 1. The van der Waals surface area contributed by atoms with Gasteiger partial charge in [-0.1, -0.05) is 18.2 Å². The van der Waals surface area contributed by atoms with Crippen LogP contribution in [0.2, 0.25) is 0 Å². The maximum atomic E-state index is 12.0. The average molecular weight is 358 g/mol. The highest BCUT2D eigenvalue weighted by Gasteiger charge is 2.16. The van der Waals surface area contributed by atoms with Crippen molar-refractivity contribution in [1.29, 1.82) is 0 Å². The van der Waals surface area contributed by atoms with Gasteiger partial charge in [0.25, 0.3) is 5.91 Å². The summed E-state index contributed by atoms with van der Waals surface area (Å²) in [5.74, 6) is 0.275. The van der Waals surface area contributed by atoms with Crippen molar-refractivity contribution in [2.45, 2.75) is 12.5 Å². The van der Waals surface area contributed by atoms with E-state index in [0.717, 1.165) is 5.01 Å². The second-order valence-corrected chi connectivity index (χ2v) is 5.58. The Kier molecular flexibility index (Phi) is 7.97. The number of halogens is 1. The van der Waals surface area contributed by atoms with E-state index in [1.807, 2.05) is 12.1 Å². The number of aliphatic hydroxyl groups is 1. The van der Waals surface area contributed by atoms with Crippen molar-refractivity contribution in [2.24, 2.45) is 5.73 Å². The SMILES string of the molecule is COc1ccccc1C(O)CNC(=O)c1csc(CCN)n1.Cl. The molecule has 0 radical (unpaired) electrons. The van der Waals surface area contributed by atoms with E-state index in [2.05, 4.69) is 10.3 Å². The number of aromatic nitrogens is 1. The van der Waals surface area contributed by atoms with Crippen LogP contribution in [0.15, 0.2) is 29.6 Å². The van der Waals surface area contributed by atoms with E-state index in [-0.39, 0.29) is 24.9 Å². The molecule has 0 aliphatic carbocycles. The number of rotatable bonds is 7. The van der Waals surface area contributed by atoms with E-state index in [9.17, 15) is 9.90 Å². The molecule has 0 aliphatic heterocycles. The van der Waals surface area contributed by atoms with Gasteiger partial charge >= 0.3 is 0 Å². The van der Waals surface area contributed by atoms with Gasteiger partial charge in [0.05, 0.1) is 18.2 Å². The molecule has 1 atom stereocenters. The number of hydrogen-bond donors (Lipinski definition) is 3. The van der Waals surface area contributed by atoms with Crippen LogP contribution in [-0.4, -0.2) is 36.2 Å². The molecule has 0 aliphatic rings. The number of thiazole rings is 1. The molecule has 1 amide bonds. The van der Waals surface area contributed by atoms with Crippen LogP contribution in [0.4, 0.5) is 0 Å². The lowest BCUT2D eigenvalue weighted by molar-refractivity contribution is 0.0910. The standard InChI is InChI=1S/C15H19N3O3S.ClH/c1-21-13-5-3-2-4-10(13)12(19)8-17-15(20)11-9-22-14(18-11)6-7-16;/h2-5,9,12,19H,6-8,16H2,1H3,(H,17,20);1H. The Bertz CT molecular complexity index is 636. The van der Waals surface area contributed by atoms with Crippen LogP contribution in [0.5, 0.6) is 5.75 Å². The smallest absolute Gasteiger partial charge is 0.270 e. The molecule has 0 spiro atoms. The van der Waals surface area contributed by atoms with Gasteiger partial charge in [0.2, 0.25) is 0 Å². The van der Waals surface area contributed by atoms with Gasteiger partial charge in [-0.25, -0.2) is 4.98 Å². The summed E-state index contributed by atoms with van der Waals surface area (Å²) in [5, 5.41) is 15.4. The van der Waals surface area contributed by atoms with E-state index in [4.69, 9.17) is 10.5 Å². The molecule has 0 saturated heterocycles. The van der Waals surface area contributed by atoms with Crippen LogP contribution in [-0.2, 0) is 6.42 Å². The Morgan fingerprint density at radius 3 is 2.91 bits per heavy atom. The minimum atomic E-state index is -0.845. The van der Waals surface area contributed by atoms with Gasteiger partial charge in [-0.05, 0) is 12.6 Å². The summed E-state index contributed by atoms with van der Waals surface area (Å²) in [6, 6.07) is 7.15. The van der Waals surface area contributed by atoms with E-state index in [0.29, 0.717) is 30.0 Å². The predicted octanol–water partition coefficient (Wildman–Crippen LogP) is 1.54. The van der Waals surface area contributed by atoms with Crippen LogP contribution in [0.1, 0.15) is 27.2 Å². The van der Waals surface area contributed by atoms with Crippen molar-refractivity contribution in [2.75, 3.05) is 20.2 Å². The molecular weight excluding hydrogens is 338 g/mol. The zero-order valence-corrected chi connectivity index (χ0v) is 14.3. The zero-order chi connectivity index (χ0) is 15.9. The van der Waals surface area contributed by atoms with E-state index in [1.54, 1.807) is 24.6 Å². The van der Waals surface area contributed by atoms with Crippen LogP contribution >= 0.6 is 23.7 Å². The fourth-order valence-electron chi connectivity index (χ4n) is 1.99. The number of methoxy groups -OCH3 is 1. The summed E-state index contributed by atoms with van der Waals surface area (Å²) in [4.78, 5) is 16.2. The number of amides is 1. The first-order valence-corrected chi connectivity index (χ1v) is 7.77. The fraction of sp³-hybridized carbons (Fsp3) is 0.333. The van der Waals surface area contributed by atoms with E-state index >= 15 is 0 Å². The first kappa shape index (κ1) is 19.4. The third kappa shape index (κ3) is 5.18. The molecular formula is C15H20ClN3O3S. The van der Waals surface area contributed by atoms with Gasteiger partial charge in [-0.2, -0.15) is 0 Å². The first-order valence-electron chi connectivity index (χ1n) is 6.89. The number of aliphatic hydroxyl groups excluding tert-OH is 1. The molecule has 2 aromatic rings. The fourth-order valence-corrected chi connectivity index (χ4v) is 2.78. The van der Waals surface area contributed by atoms with Gasteiger partial charge in [0.15, 0.2) is 0 Å². The Morgan fingerprint density at radius 1 is 1.48 bits per heavy atom. The normalized spacial score (nSPS) is 11.4. The molecule has 1 heterocycles. The number of hydrogen-bond acceptors (Lipinski definition) is 6. The lowest BCUT2D eigenvalue weighted by Gasteiger charge is -2.14. The number of nitrogens with zero attached hydrogens (tertiary/aromatic N) is 1. The molecule has 23 heavy (non-hydrogen) atoms. The highest BCUT2D eigenvalue weighted by atomic mass is 35.5. The van der Waals surface area contributed by atoms with Crippen molar-refractivity contribution in [3.63, 3.8) is 0 Å². The molecule has 1 aromatic carbocycles. The Morgan fingerprint density at radius 2 is 2.22 bits per heavy atom. The Balaban J connectivity index is 0.00000264. The minimum Gasteiger partial charge on any atom is -0.496 e. The third-order valence-electron chi connectivity index (χ3n) is 3.10. The van der Waals surface area contributed by atoms with Crippen molar-refractivity contribution < 1.29 is 14.6 Å². The molecule has 6 nitrogen and oxygen atoms in total. The lowest BCUT2D eigenvalue weighted by atomic mass is 10.1.